The van der Waals surface area contributed by atoms with Crippen LogP contribution in [0.15, 0.2) is 46.9 Å². The average Bonchev–Trinajstić information content (AvgIpc) is 2.42. The Kier molecular flexibility index (Phi) is 3.65. The number of fused-ring (bicyclic) bond motifs is 1. The fourth-order valence-electron chi connectivity index (χ4n) is 3.02. The van der Waals surface area contributed by atoms with Crippen LogP contribution < -0.4 is 5.73 Å². The molecule has 2 N–H and O–H groups in total. The summed E-state index contributed by atoms with van der Waals surface area (Å²) in [4.78, 5) is 0. The molecule has 0 aromatic heterocycles. The molecule has 0 radical (unpaired) electrons. The van der Waals surface area contributed by atoms with Crippen LogP contribution in [0.25, 0.3) is 0 Å². The summed E-state index contributed by atoms with van der Waals surface area (Å²) in [6.45, 7) is 0. The molecule has 0 saturated heterocycles. The second-order valence-corrected chi connectivity index (χ2v) is 6.57. The standard InChI is InChI=1S/C17H17BrFN/c18-16-9-15(19)6-5-14(16)11-17(20)8-7-12-3-1-2-4-13(12)10-17/h1-6,9H,7-8,10-11,20H2. The van der Waals surface area contributed by atoms with Gasteiger partial charge in [-0.1, -0.05) is 46.3 Å². The molecule has 2 aromatic rings. The Hall–Kier alpha value is -1.19. The van der Waals surface area contributed by atoms with Crippen molar-refractivity contribution in [3.63, 3.8) is 0 Å². The van der Waals surface area contributed by atoms with Crippen LogP contribution in [0.4, 0.5) is 4.39 Å². The minimum Gasteiger partial charge on any atom is -0.324 e. The Bertz CT molecular complexity index is 641. The zero-order valence-electron chi connectivity index (χ0n) is 11.2. The molecule has 0 heterocycles. The van der Waals surface area contributed by atoms with Crippen molar-refractivity contribution >= 4 is 15.9 Å². The molecule has 0 bridgehead atoms. The van der Waals surface area contributed by atoms with Crippen molar-refractivity contribution in [2.75, 3.05) is 0 Å². The van der Waals surface area contributed by atoms with Crippen LogP contribution >= 0.6 is 15.9 Å². The fraction of sp³-hybridized carbons (Fsp3) is 0.294. The quantitative estimate of drug-likeness (QED) is 0.882. The van der Waals surface area contributed by atoms with Gasteiger partial charge in [-0.05, 0) is 54.5 Å². The predicted molar refractivity (Wildman–Crippen MR) is 83.2 cm³/mol. The molecule has 20 heavy (non-hydrogen) atoms. The van der Waals surface area contributed by atoms with Crippen LogP contribution in [-0.2, 0) is 19.3 Å². The number of hydrogen-bond acceptors (Lipinski definition) is 1. The van der Waals surface area contributed by atoms with E-state index in [2.05, 4.69) is 40.2 Å². The summed E-state index contributed by atoms with van der Waals surface area (Å²) in [5.41, 5.74) is 10.2. The minimum atomic E-state index is -0.241. The first-order valence-electron chi connectivity index (χ1n) is 6.85. The van der Waals surface area contributed by atoms with Gasteiger partial charge in [0.15, 0.2) is 0 Å². The van der Waals surface area contributed by atoms with E-state index in [-0.39, 0.29) is 11.4 Å². The molecular weight excluding hydrogens is 317 g/mol. The second-order valence-electron chi connectivity index (χ2n) is 5.72. The van der Waals surface area contributed by atoms with E-state index in [1.165, 1.54) is 23.3 Å². The Labute approximate surface area is 127 Å². The Balaban J connectivity index is 1.84. The molecule has 0 amide bonds. The molecule has 104 valence electrons. The van der Waals surface area contributed by atoms with E-state index in [4.69, 9.17) is 5.73 Å². The van der Waals surface area contributed by atoms with Crippen LogP contribution in [0.1, 0.15) is 23.1 Å². The number of hydrogen-bond donors (Lipinski definition) is 1. The number of benzene rings is 2. The maximum Gasteiger partial charge on any atom is 0.124 e. The molecule has 1 unspecified atom stereocenters. The topological polar surface area (TPSA) is 26.0 Å². The summed E-state index contributed by atoms with van der Waals surface area (Å²) in [6, 6.07) is 13.3. The Morgan fingerprint density at radius 1 is 1.15 bits per heavy atom. The van der Waals surface area contributed by atoms with Gasteiger partial charge < -0.3 is 5.73 Å². The van der Waals surface area contributed by atoms with Gasteiger partial charge in [0.2, 0.25) is 0 Å². The van der Waals surface area contributed by atoms with Crippen molar-refractivity contribution in [2.24, 2.45) is 5.73 Å². The van der Waals surface area contributed by atoms with Crippen molar-refractivity contribution in [1.82, 2.24) is 0 Å². The Morgan fingerprint density at radius 3 is 2.65 bits per heavy atom. The van der Waals surface area contributed by atoms with E-state index in [0.29, 0.717) is 0 Å². The molecule has 0 saturated carbocycles. The van der Waals surface area contributed by atoms with E-state index in [1.807, 2.05) is 6.07 Å². The third-order valence-electron chi connectivity index (χ3n) is 4.11. The highest BCUT2D eigenvalue weighted by atomic mass is 79.9. The van der Waals surface area contributed by atoms with Crippen molar-refractivity contribution in [2.45, 2.75) is 31.2 Å². The van der Waals surface area contributed by atoms with Crippen molar-refractivity contribution in [1.29, 1.82) is 0 Å². The van der Waals surface area contributed by atoms with Gasteiger partial charge in [-0.2, -0.15) is 0 Å². The fourth-order valence-corrected chi connectivity index (χ4v) is 3.51. The molecular formula is C17H17BrFN. The van der Waals surface area contributed by atoms with Crippen LogP contribution in [0, 0.1) is 5.82 Å². The Morgan fingerprint density at radius 2 is 1.90 bits per heavy atom. The van der Waals surface area contributed by atoms with Gasteiger partial charge in [0.25, 0.3) is 0 Å². The largest absolute Gasteiger partial charge is 0.324 e. The maximum absolute atomic E-state index is 13.2. The molecule has 2 aromatic carbocycles. The monoisotopic (exact) mass is 333 g/mol. The SMILES string of the molecule is NC1(Cc2ccc(F)cc2Br)CCc2ccccc2C1. The van der Waals surface area contributed by atoms with Crippen LogP contribution in [0.2, 0.25) is 0 Å². The normalized spacial score (nSPS) is 21.6. The van der Waals surface area contributed by atoms with Crippen LogP contribution in [0.3, 0.4) is 0 Å². The van der Waals surface area contributed by atoms with E-state index in [0.717, 1.165) is 35.7 Å². The van der Waals surface area contributed by atoms with Gasteiger partial charge in [-0.15, -0.1) is 0 Å². The zero-order valence-corrected chi connectivity index (χ0v) is 12.8. The summed E-state index contributed by atoms with van der Waals surface area (Å²) in [7, 11) is 0. The summed E-state index contributed by atoms with van der Waals surface area (Å²) in [5.74, 6) is -0.222. The lowest BCUT2D eigenvalue weighted by Crippen LogP contribution is -2.47. The third-order valence-corrected chi connectivity index (χ3v) is 4.85. The second kappa shape index (κ2) is 5.30. The summed E-state index contributed by atoms with van der Waals surface area (Å²) < 4.78 is 14.0. The van der Waals surface area contributed by atoms with Gasteiger partial charge in [0, 0.05) is 10.0 Å². The van der Waals surface area contributed by atoms with E-state index < -0.39 is 0 Å². The van der Waals surface area contributed by atoms with Crippen molar-refractivity contribution in [3.8, 4) is 0 Å². The van der Waals surface area contributed by atoms with Crippen LogP contribution in [-0.4, -0.2) is 5.54 Å². The maximum atomic E-state index is 13.2. The molecule has 3 rings (SSSR count). The first-order valence-corrected chi connectivity index (χ1v) is 7.65. The summed E-state index contributed by atoms with van der Waals surface area (Å²) >= 11 is 3.43. The van der Waals surface area contributed by atoms with Crippen molar-refractivity contribution < 1.29 is 4.39 Å². The number of nitrogens with two attached hydrogens (primary N) is 1. The van der Waals surface area contributed by atoms with Gasteiger partial charge in [-0.3, -0.25) is 0 Å². The van der Waals surface area contributed by atoms with Gasteiger partial charge in [0.1, 0.15) is 5.82 Å². The van der Waals surface area contributed by atoms with E-state index in [9.17, 15) is 4.39 Å². The van der Waals surface area contributed by atoms with Gasteiger partial charge in [-0.25, -0.2) is 4.39 Å². The van der Waals surface area contributed by atoms with Crippen molar-refractivity contribution in [3.05, 3.63) is 69.4 Å². The summed E-state index contributed by atoms with van der Waals surface area (Å²) in [6.07, 6.45) is 3.63. The molecule has 0 aliphatic heterocycles. The molecule has 0 spiro atoms. The molecule has 3 heteroatoms. The number of halogens is 2. The zero-order chi connectivity index (χ0) is 14.2. The molecule has 1 nitrogen and oxygen atoms in total. The molecule has 1 aliphatic carbocycles. The first-order chi connectivity index (χ1) is 9.56. The number of rotatable bonds is 2. The molecule has 0 fully saturated rings. The predicted octanol–water partition coefficient (Wildman–Crippen LogP) is 4.02. The lowest BCUT2D eigenvalue weighted by molar-refractivity contribution is 0.368. The number of aryl methyl sites for hydroxylation is 1. The third kappa shape index (κ3) is 2.79. The van der Waals surface area contributed by atoms with E-state index in [1.54, 1.807) is 0 Å². The average molecular weight is 334 g/mol. The lowest BCUT2D eigenvalue weighted by Gasteiger charge is -2.35. The summed E-state index contributed by atoms with van der Waals surface area (Å²) in [5, 5.41) is 0. The smallest absolute Gasteiger partial charge is 0.124 e. The van der Waals surface area contributed by atoms with Gasteiger partial charge >= 0.3 is 0 Å². The minimum absolute atomic E-state index is 0.222. The lowest BCUT2D eigenvalue weighted by atomic mass is 9.75. The first kappa shape index (κ1) is 13.8. The highest BCUT2D eigenvalue weighted by Crippen LogP contribution is 2.31. The van der Waals surface area contributed by atoms with Crippen LogP contribution in [0.5, 0.6) is 0 Å². The highest BCUT2D eigenvalue weighted by Gasteiger charge is 2.31. The van der Waals surface area contributed by atoms with E-state index >= 15 is 0 Å². The highest BCUT2D eigenvalue weighted by molar-refractivity contribution is 9.10. The van der Waals surface area contributed by atoms with Gasteiger partial charge in [0.05, 0.1) is 0 Å². The molecule has 1 aliphatic rings. The molecule has 1 atom stereocenters.